The van der Waals surface area contributed by atoms with Crippen LogP contribution in [-0.4, -0.2) is 58.1 Å². The molecule has 0 aromatic carbocycles. The second kappa shape index (κ2) is 15.0. The zero-order valence-corrected chi connectivity index (χ0v) is 28.5. The van der Waals surface area contributed by atoms with E-state index in [0.717, 1.165) is 17.6 Å². The van der Waals surface area contributed by atoms with E-state index in [1.807, 2.05) is 0 Å². The summed E-state index contributed by atoms with van der Waals surface area (Å²) < 4.78 is 11.2. The van der Waals surface area contributed by atoms with Crippen molar-refractivity contribution < 1.29 is 64.3 Å². The number of ether oxygens (including phenoxy) is 2. The topological polar surface area (TPSA) is 119 Å². The van der Waals surface area contributed by atoms with Crippen LogP contribution in [0.5, 0.6) is 0 Å². The number of fused-ring (bicyclic) bond motifs is 1. The number of hydrogen-bond acceptors (Lipinski definition) is 7. The normalized spacial score (nSPS) is 40.7. The third kappa shape index (κ3) is 7.71. The average molecular weight is 595 g/mol. The van der Waals surface area contributed by atoms with Crippen molar-refractivity contribution in [3.8, 4) is 0 Å². The van der Waals surface area contributed by atoms with E-state index in [0.29, 0.717) is 54.3 Å². The van der Waals surface area contributed by atoms with Crippen LogP contribution >= 0.6 is 0 Å². The van der Waals surface area contributed by atoms with Gasteiger partial charge in [-0.05, 0) is 91.9 Å². The molecule has 0 aromatic heterocycles. The van der Waals surface area contributed by atoms with Gasteiger partial charge in [-0.15, -0.1) is 0 Å². The van der Waals surface area contributed by atoms with Crippen molar-refractivity contribution in [3.05, 3.63) is 47.6 Å². The minimum atomic E-state index is -1.79. The van der Waals surface area contributed by atoms with Gasteiger partial charge in [-0.1, -0.05) is 76.6 Å². The second-order valence-corrected chi connectivity index (χ2v) is 13.7. The van der Waals surface area contributed by atoms with E-state index in [1.54, 1.807) is 0 Å². The Morgan fingerprint density at radius 1 is 1.05 bits per heavy atom. The smallest absolute Gasteiger partial charge is 0.547 e. The maximum atomic E-state index is 11.4. The van der Waals surface area contributed by atoms with Crippen LogP contribution in [0.1, 0.15) is 86.0 Å². The van der Waals surface area contributed by atoms with E-state index in [2.05, 4.69) is 65.5 Å². The number of hydrogen-bond donors (Lipinski definition) is 3. The number of rotatable bonds is 8. The van der Waals surface area contributed by atoms with Crippen LogP contribution in [0, 0.1) is 35.0 Å². The van der Waals surface area contributed by atoms with Gasteiger partial charge < -0.3 is 34.7 Å². The van der Waals surface area contributed by atoms with E-state index < -0.39 is 36.7 Å². The molecule has 0 aromatic rings. The number of carbonyl (C=O) groups is 1. The third-order valence-electron chi connectivity index (χ3n) is 10.7. The molecular formula is C34H51NaO7. The molecule has 3 N–H and O–H groups in total. The van der Waals surface area contributed by atoms with Gasteiger partial charge in [-0.2, -0.15) is 0 Å². The number of aliphatic carboxylic acids is 1. The first-order valence-corrected chi connectivity index (χ1v) is 15.7. The molecule has 0 spiro atoms. The Hall–Kier alpha value is -0.770. The fourth-order valence-corrected chi connectivity index (χ4v) is 7.69. The molecule has 4 rings (SSSR count). The molecule has 8 heteroatoms. The molecule has 0 unspecified atom stereocenters. The van der Waals surface area contributed by atoms with Crippen LogP contribution in [0.3, 0.4) is 0 Å². The van der Waals surface area contributed by atoms with Gasteiger partial charge in [0.2, 0.25) is 0 Å². The van der Waals surface area contributed by atoms with Crippen molar-refractivity contribution in [2.24, 2.45) is 35.0 Å². The number of aliphatic hydroxyl groups excluding tert-OH is 3. The van der Waals surface area contributed by atoms with Gasteiger partial charge in [-0.25, -0.2) is 0 Å². The van der Waals surface area contributed by atoms with Gasteiger partial charge >= 0.3 is 29.6 Å². The number of aliphatic hydroxyl groups is 3. The Bertz CT molecular complexity index is 1050. The summed E-state index contributed by atoms with van der Waals surface area (Å²) in [5.41, 5.74) is 3.96. The number of carboxylic acid groups (broad SMARTS) is 1. The first kappa shape index (κ1) is 35.7. The van der Waals surface area contributed by atoms with Crippen molar-refractivity contribution in [2.45, 2.75) is 123 Å². The largest absolute Gasteiger partial charge is 1.00 e. The molecule has 0 radical (unpaired) electrons. The fraction of sp³-hybridized carbons (Fsp3) is 0.735. The van der Waals surface area contributed by atoms with Crippen molar-refractivity contribution in [1.29, 1.82) is 0 Å². The summed E-state index contributed by atoms with van der Waals surface area (Å²) in [5, 5.41) is 41.8. The molecule has 3 aliphatic carbocycles. The number of allylic oxidation sites excluding steroid dienone is 6. The molecule has 1 heterocycles. The van der Waals surface area contributed by atoms with Crippen LogP contribution in [0.4, 0.5) is 0 Å². The predicted molar refractivity (Wildman–Crippen MR) is 156 cm³/mol. The second-order valence-electron chi connectivity index (χ2n) is 13.7. The molecule has 3 saturated carbocycles. The summed E-state index contributed by atoms with van der Waals surface area (Å²) in [7, 11) is 0. The summed E-state index contributed by atoms with van der Waals surface area (Å²) >= 11 is 0. The van der Waals surface area contributed by atoms with Crippen molar-refractivity contribution >= 4 is 5.97 Å². The fourth-order valence-electron chi connectivity index (χ4n) is 7.69. The minimum Gasteiger partial charge on any atom is -0.547 e. The Morgan fingerprint density at radius 3 is 2.43 bits per heavy atom. The molecule has 7 nitrogen and oxygen atoms in total. The molecular weight excluding hydrogens is 543 g/mol. The summed E-state index contributed by atoms with van der Waals surface area (Å²) in [6.07, 6.45) is 8.79. The van der Waals surface area contributed by atoms with Gasteiger partial charge in [0.05, 0.1) is 12.1 Å². The average Bonchev–Trinajstić information content (AvgIpc) is 3.29. The maximum Gasteiger partial charge on any atom is 1.00 e. The molecule has 0 bridgehead atoms. The summed E-state index contributed by atoms with van der Waals surface area (Å²) in [5.74, 6) is 1.41. The molecule has 4 fully saturated rings. The third-order valence-corrected chi connectivity index (χ3v) is 10.7. The summed E-state index contributed by atoms with van der Waals surface area (Å²) in [6, 6.07) is 0. The maximum absolute atomic E-state index is 11.4. The predicted octanol–water partition coefficient (Wildman–Crippen LogP) is 1.23. The van der Waals surface area contributed by atoms with Crippen LogP contribution < -0.4 is 34.7 Å². The zero-order valence-electron chi connectivity index (χ0n) is 26.5. The SMILES string of the molecule is C=C1CC[C@H](O[C@@H]2O[C@H](C(=O)[O-])[C@@H](O)[C@H](O)[C@H]2O)C/C1=C/C=C1\CCC[C@]2(C)[C@@H]([C@H](C)/C=C/[C@H](C)C(C)C)CC[C@@H]12.[Na+]. The minimum absolute atomic E-state index is 0. The van der Waals surface area contributed by atoms with E-state index in [-0.39, 0.29) is 35.7 Å². The van der Waals surface area contributed by atoms with Crippen molar-refractivity contribution in [3.63, 3.8) is 0 Å². The molecule has 42 heavy (non-hydrogen) atoms. The molecule has 0 amide bonds. The molecule has 1 aliphatic heterocycles. The molecule has 1 saturated heterocycles. The first-order valence-electron chi connectivity index (χ1n) is 15.7. The van der Waals surface area contributed by atoms with Gasteiger partial charge in [0.15, 0.2) is 6.29 Å². The zero-order chi connectivity index (χ0) is 30.1. The van der Waals surface area contributed by atoms with E-state index >= 15 is 0 Å². The standard InChI is InChI=1S/C34H52O7.Na/c1-19(2)20(3)9-10-22(5)26-15-16-27-23(8-7-17-34(26,27)6)12-13-24-18-25(14-11-21(24)4)40-33-30(37)28(35)29(36)31(41-33)32(38)39;/h9-10,12-13,19-20,22,25-31,33,35-37H,4,7-8,11,14-18H2,1-3,5-6H3,(H,38,39);/q;+1/p-1/b10-9+,23-12+,24-13-;/t20-,22+,25-,26+,27-,28-,29-,30+,31-,33+,34+;/m0./s1. The number of carbonyl (C=O) groups excluding carboxylic acids is 1. The Balaban J connectivity index is 0.00000484. The van der Waals surface area contributed by atoms with Gasteiger partial charge in [0.1, 0.15) is 24.4 Å². The molecule has 11 atom stereocenters. The van der Waals surface area contributed by atoms with E-state index in [4.69, 9.17) is 9.47 Å². The quantitative estimate of drug-likeness (QED) is 0.286. The van der Waals surface area contributed by atoms with Gasteiger partial charge in [0.25, 0.3) is 0 Å². The number of carboxylic acids is 1. The first-order chi connectivity index (χ1) is 19.3. The Morgan fingerprint density at radius 2 is 1.76 bits per heavy atom. The summed E-state index contributed by atoms with van der Waals surface area (Å²) in [4.78, 5) is 11.4. The van der Waals surface area contributed by atoms with Gasteiger partial charge in [-0.3, -0.25) is 0 Å². The van der Waals surface area contributed by atoms with Gasteiger partial charge in [0, 0.05) is 0 Å². The van der Waals surface area contributed by atoms with Crippen LogP contribution in [0.25, 0.3) is 0 Å². The van der Waals surface area contributed by atoms with Crippen LogP contribution in [-0.2, 0) is 14.3 Å². The monoisotopic (exact) mass is 594 g/mol. The van der Waals surface area contributed by atoms with E-state index in [1.165, 1.54) is 31.3 Å². The molecule has 230 valence electrons. The van der Waals surface area contributed by atoms with Crippen LogP contribution in [0.15, 0.2) is 47.6 Å². The van der Waals surface area contributed by atoms with Crippen molar-refractivity contribution in [2.75, 3.05) is 0 Å². The van der Waals surface area contributed by atoms with Crippen LogP contribution in [0.2, 0.25) is 0 Å². The Kier molecular flexibility index (Phi) is 12.8. The van der Waals surface area contributed by atoms with Crippen molar-refractivity contribution in [1.82, 2.24) is 0 Å². The Labute approximate surface area is 274 Å². The molecule has 4 aliphatic rings. The van der Waals surface area contributed by atoms with E-state index in [9.17, 15) is 25.2 Å². The summed E-state index contributed by atoms with van der Waals surface area (Å²) in [6.45, 7) is 16.1.